The summed E-state index contributed by atoms with van der Waals surface area (Å²) in [5.74, 6) is -1.45. The molecule has 0 saturated heterocycles. The van der Waals surface area contributed by atoms with Gasteiger partial charge in [0.25, 0.3) is 5.91 Å². The predicted molar refractivity (Wildman–Crippen MR) is 96.1 cm³/mol. The molecule has 2 amide bonds. The molecule has 1 N–H and O–H groups in total. The quantitative estimate of drug-likeness (QED) is 0.613. The molecule has 0 bridgehead atoms. The van der Waals surface area contributed by atoms with Crippen molar-refractivity contribution >= 4 is 35.4 Å². The van der Waals surface area contributed by atoms with Crippen LogP contribution in [0.5, 0.6) is 0 Å². The number of carbonyl (C=O) groups is 3. The maximum atomic E-state index is 11.7. The number of imide groups is 1. The van der Waals surface area contributed by atoms with Gasteiger partial charge in [-0.1, -0.05) is 0 Å². The number of nitrogens with zero attached hydrogens (tertiary/aromatic N) is 2. The van der Waals surface area contributed by atoms with Crippen LogP contribution in [0.15, 0.2) is 23.7 Å². The minimum atomic E-state index is -0.876. The molecule has 0 atom stereocenters. The molecule has 0 unspecified atom stereocenters. The van der Waals surface area contributed by atoms with Crippen LogP contribution in [0.2, 0.25) is 0 Å². The number of carbonyl (C=O) groups excluding carboxylic acids is 3. The van der Waals surface area contributed by atoms with Crippen molar-refractivity contribution in [1.82, 2.24) is 14.9 Å². The van der Waals surface area contributed by atoms with Crippen LogP contribution < -0.4 is 5.32 Å². The van der Waals surface area contributed by atoms with E-state index in [4.69, 9.17) is 4.74 Å². The van der Waals surface area contributed by atoms with E-state index in [1.54, 1.807) is 19.2 Å². The van der Waals surface area contributed by atoms with Crippen molar-refractivity contribution in [2.45, 2.75) is 20.8 Å². The van der Waals surface area contributed by atoms with Gasteiger partial charge in [-0.25, -0.2) is 14.6 Å². The molecule has 0 spiro atoms. The van der Waals surface area contributed by atoms with Gasteiger partial charge in [0.2, 0.25) is 0 Å². The number of nitrogens with one attached hydrogen (secondary N) is 1. The van der Waals surface area contributed by atoms with Crippen molar-refractivity contribution in [3.63, 3.8) is 0 Å². The van der Waals surface area contributed by atoms with Gasteiger partial charge in [-0.3, -0.25) is 14.7 Å². The van der Waals surface area contributed by atoms with E-state index in [9.17, 15) is 14.4 Å². The highest BCUT2D eigenvalue weighted by atomic mass is 32.1. The average molecular weight is 377 g/mol. The van der Waals surface area contributed by atoms with Crippen LogP contribution in [0, 0.1) is 13.8 Å². The Labute approximate surface area is 154 Å². The Hall–Kier alpha value is -2.94. The van der Waals surface area contributed by atoms with E-state index in [2.05, 4.69) is 9.72 Å². The molecule has 0 aliphatic rings. The van der Waals surface area contributed by atoms with Crippen molar-refractivity contribution in [3.8, 4) is 5.13 Å². The van der Waals surface area contributed by atoms with Crippen molar-refractivity contribution in [2.24, 2.45) is 0 Å². The SMILES string of the molecule is CCOC(=O)NC(=O)COC(=O)/C=C/c1cc(C)n(-c2nccs2)c1C. The zero-order valence-electron chi connectivity index (χ0n) is 14.6. The number of aromatic nitrogens is 2. The molecule has 2 aromatic heterocycles. The highest BCUT2D eigenvalue weighted by Gasteiger charge is 2.12. The molecule has 0 fully saturated rings. The molecule has 8 nitrogen and oxygen atoms in total. The van der Waals surface area contributed by atoms with Crippen LogP contribution in [0.3, 0.4) is 0 Å². The van der Waals surface area contributed by atoms with Crippen molar-refractivity contribution < 1.29 is 23.9 Å². The fourth-order valence-corrected chi connectivity index (χ4v) is 2.99. The number of amides is 2. The van der Waals surface area contributed by atoms with Gasteiger partial charge >= 0.3 is 12.1 Å². The Kier molecular flexibility index (Phi) is 6.67. The van der Waals surface area contributed by atoms with Crippen molar-refractivity contribution in [3.05, 3.63) is 40.7 Å². The second kappa shape index (κ2) is 8.95. The first-order chi connectivity index (χ1) is 12.4. The van der Waals surface area contributed by atoms with Crippen LogP contribution in [-0.4, -0.2) is 40.7 Å². The summed E-state index contributed by atoms with van der Waals surface area (Å²) in [6, 6.07) is 1.92. The van der Waals surface area contributed by atoms with E-state index >= 15 is 0 Å². The van der Waals surface area contributed by atoms with E-state index in [1.807, 2.05) is 35.2 Å². The maximum absolute atomic E-state index is 11.7. The largest absolute Gasteiger partial charge is 0.452 e. The molecule has 0 aliphatic heterocycles. The molecule has 0 saturated carbocycles. The Bertz CT molecular complexity index is 824. The zero-order valence-corrected chi connectivity index (χ0v) is 15.5. The van der Waals surface area contributed by atoms with E-state index in [0.29, 0.717) is 0 Å². The normalized spacial score (nSPS) is 10.7. The first kappa shape index (κ1) is 19.4. The summed E-state index contributed by atoms with van der Waals surface area (Å²) in [5.41, 5.74) is 2.76. The molecule has 9 heteroatoms. The standard InChI is InChI=1S/C17H19N3O5S/c1-4-24-17(23)19-14(21)10-25-15(22)6-5-13-9-11(2)20(12(13)3)16-18-7-8-26-16/h5-9H,4,10H2,1-3H3,(H,19,21,23)/b6-5+. The monoisotopic (exact) mass is 377 g/mol. The molecule has 2 heterocycles. The summed E-state index contributed by atoms with van der Waals surface area (Å²) in [6.45, 7) is 5.05. The number of esters is 1. The molecular weight excluding hydrogens is 358 g/mol. The Morgan fingerprint density at radius 2 is 2.08 bits per heavy atom. The van der Waals surface area contributed by atoms with Crippen LogP contribution >= 0.6 is 11.3 Å². The summed E-state index contributed by atoms with van der Waals surface area (Å²) >= 11 is 1.52. The fourth-order valence-electron chi connectivity index (χ4n) is 2.24. The minimum Gasteiger partial charge on any atom is -0.452 e. The molecule has 0 aliphatic carbocycles. The maximum Gasteiger partial charge on any atom is 0.413 e. The number of aryl methyl sites for hydroxylation is 1. The molecule has 26 heavy (non-hydrogen) atoms. The lowest BCUT2D eigenvalue weighted by Crippen LogP contribution is -2.34. The first-order valence-corrected chi connectivity index (χ1v) is 8.70. The smallest absolute Gasteiger partial charge is 0.413 e. The van der Waals surface area contributed by atoms with E-state index in [1.165, 1.54) is 17.4 Å². The summed E-state index contributed by atoms with van der Waals surface area (Å²) in [7, 11) is 0. The molecule has 2 aromatic rings. The van der Waals surface area contributed by atoms with Gasteiger partial charge in [0, 0.05) is 29.0 Å². The van der Waals surface area contributed by atoms with Crippen LogP contribution in [0.1, 0.15) is 23.9 Å². The van der Waals surface area contributed by atoms with Crippen LogP contribution in [-0.2, 0) is 19.1 Å². The first-order valence-electron chi connectivity index (χ1n) is 7.82. The predicted octanol–water partition coefficient (Wildman–Crippen LogP) is 2.38. The number of hydrogen-bond donors (Lipinski definition) is 1. The molecule has 2 rings (SSSR count). The number of ether oxygens (including phenoxy) is 2. The van der Waals surface area contributed by atoms with Gasteiger partial charge in [0.05, 0.1) is 6.61 Å². The van der Waals surface area contributed by atoms with E-state index in [-0.39, 0.29) is 6.61 Å². The Morgan fingerprint density at radius 3 is 2.73 bits per heavy atom. The van der Waals surface area contributed by atoms with Crippen molar-refractivity contribution in [2.75, 3.05) is 13.2 Å². The fraction of sp³-hybridized carbons (Fsp3) is 0.294. The Morgan fingerprint density at radius 1 is 1.31 bits per heavy atom. The van der Waals surface area contributed by atoms with Gasteiger partial charge in [-0.05, 0) is 38.5 Å². The van der Waals surface area contributed by atoms with Crippen LogP contribution in [0.4, 0.5) is 4.79 Å². The number of alkyl carbamates (subject to hydrolysis) is 1. The molecule has 0 aromatic carbocycles. The third-order valence-corrected chi connectivity index (χ3v) is 4.10. The summed E-state index contributed by atoms with van der Waals surface area (Å²) in [5, 5.41) is 4.67. The lowest BCUT2D eigenvalue weighted by atomic mass is 10.2. The minimum absolute atomic E-state index is 0.140. The summed E-state index contributed by atoms with van der Waals surface area (Å²) in [6.07, 6.45) is 3.69. The average Bonchev–Trinajstić information content (AvgIpc) is 3.19. The topological polar surface area (TPSA) is 99.5 Å². The van der Waals surface area contributed by atoms with Gasteiger partial charge < -0.3 is 9.47 Å². The second-order valence-corrected chi connectivity index (χ2v) is 6.06. The number of thiazole rings is 1. The van der Waals surface area contributed by atoms with E-state index in [0.717, 1.165) is 22.1 Å². The Balaban J connectivity index is 1.93. The summed E-state index contributed by atoms with van der Waals surface area (Å²) in [4.78, 5) is 38.5. The molecular formula is C17H19N3O5S. The van der Waals surface area contributed by atoms with Gasteiger partial charge in [-0.15, -0.1) is 11.3 Å². The number of hydrogen-bond acceptors (Lipinski definition) is 7. The third-order valence-electron chi connectivity index (χ3n) is 3.34. The lowest BCUT2D eigenvalue weighted by Gasteiger charge is -2.04. The summed E-state index contributed by atoms with van der Waals surface area (Å²) < 4.78 is 11.3. The highest BCUT2D eigenvalue weighted by Crippen LogP contribution is 2.23. The molecule has 0 radical (unpaired) electrons. The van der Waals surface area contributed by atoms with Gasteiger partial charge in [-0.2, -0.15) is 0 Å². The second-order valence-electron chi connectivity index (χ2n) is 5.19. The lowest BCUT2D eigenvalue weighted by molar-refractivity contribution is -0.143. The third kappa shape index (κ3) is 5.03. The zero-order chi connectivity index (χ0) is 19.1. The van der Waals surface area contributed by atoms with E-state index < -0.39 is 24.6 Å². The van der Waals surface area contributed by atoms with Crippen LogP contribution in [0.25, 0.3) is 11.2 Å². The van der Waals surface area contributed by atoms with Crippen molar-refractivity contribution in [1.29, 1.82) is 0 Å². The van der Waals surface area contributed by atoms with Gasteiger partial charge in [0.15, 0.2) is 11.7 Å². The molecule has 138 valence electrons. The van der Waals surface area contributed by atoms with Gasteiger partial charge in [0.1, 0.15) is 0 Å². The highest BCUT2D eigenvalue weighted by molar-refractivity contribution is 7.12. The number of rotatable bonds is 6.